The van der Waals surface area contributed by atoms with Crippen LogP contribution in [0.3, 0.4) is 0 Å². The molecule has 3 heteroatoms. The van der Waals surface area contributed by atoms with Gasteiger partial charge < -0.3 is 4.57 Å². The van der Waals surface area contributed by atoms with Crippen LogP contribution >= 0.6 is 7.80 Å². The van der Waals surface area contributed by atoms with Gasteiger partial charge in [0.2, 0.25) is 0 Å². The van der Waals surface area contributed by atoms with Crippen LogP contribution in [0.4, 0.5) is 0 Å². The van der Waals surface area contributed by atoms with E-state index in [1.54, 1.807) is 0 Å². The van der Waals surface area contributed by atoms with Crippen molar-refractivity contribution in [2.75, 3.05) is 0 Å². The lowest BCUT2D eigenvalue weighted by molar-refractivity contribution is 0.570. The summed E-state index contributed by atoms with van der Waals surface area (Å²) in [6, 6.07) is 10.2. The van der Waals surface area contributed by atoms with Crippen LogP contribution in [0.1, 0.15) is 20.8 Å². The van der Waals surface area contributed by atoms with Gasteiger partial charge in [-0.3, -0.25) is 0 Å². The number of aromatic nitrogens is 1. The predicted molar refractivity (Wildman–Crippen MR) is 69.9 cm³/mol. The third kappa shape index (κ3) is 1.78. The predicted octanol–water partition coefficient (Wildman–Crippen LogP) is 3.43. The van der Waals surface area contributed by atoms with Gasteiger partial charge >= 0.3 is 7.80 Å². The monoisotopic (exact) mass is 234 g/mol. The van der Waals surface area contributed by atoms with E-state index in [9.17, 15) is 4.57 Å². The fourth-order valence-electron chi connectivity index (χ4n) is 1.81. The summed E-state index contributed by atoms with van der Waals surface area (Å²) in [6.07, 6.45) is 0. The third-order valence-electron chi connectivity index (χ3n) is 2.74. The van der Waals surface area contributed by atoms with Crippen molar-refractivity contribution in [1.82, 2.24) is 4.57 Å². The molecular weight excluding hydrogens is 217 g/mol. The molecule has 84 valence electrons. The Labute approximate surface area is 97.1 Å². The molecule has 0 radical (unpaired) electrons. The first-order valence-corrected chi connectivity index (χ1v) is 6.69. The topological polar surface area (TPSA) is 22.0 Å². The highest BCUT2D eigenvalue weighted by Gasteiger charge is 2.39. The van der Waals surface area contributed by atoms with Crippen molar-refractivity contribution in [3.8, 4) is 0 Å². The minimum absolute atomic E-state index is 0.183. The number of hydrogen-bond donors (Lipinski definition) is 0. The molecular formula is C13H17NOP+. The van der Waals surface area contributed by atoms with Crippen molar-refractivity contribution in [2.24, 2.45) is 7.05 Å². The molecule has 1 atom stereocenters. The third-order valence-corrected chi connectivity index (χ3v) is 4.81. The van der Waals surface area contributed by atoms with E-state index in [2.05, 4.69) is 12.1 Å². The van der Waals surface area contributed by atoms with Crippen LogP contribution in [-0.4, -0.2) is 9.72 Å². The fraction of sp³-hybridized carbons (Fsp3) is 0.385. The first-order valence-electron chi connectivity index (χ1n) is 5.43. The van der Waals surface area contributed by atoms with Crippen molar-refractivity contribution in [3.63, 3.8) is 0 Å². The van der Waals surface area contributed by atoms with E-state index in [-0.39, 0.29) is 5.16 Å². The molecule has 0 aliphatic heterocycles. The highest BCUT2D eigenvalue weighted by Crippen LogP contribution is 2.38. The molecule has 0 saturated carbocycles. The zero-order valence-electron chi connectivity index (χ0n) is 10.2. The lowest BCUT2D eigenvalue weighted by Crippen LogP contribution is -2.19. The number of fused-ring (bicyclic) bond motifs is 1. The van der Waals surface area contributed by atoms with Crippen LogP contribution in [-0.2, 0) is 11.6 Å². The Hall–Kier alpha value is -1.14. The Morgan fingerprint density at radius 2 is 1.81 bits per heavy atom. The van der Waals surface area contributed by atoms with Gasteiger partial charge in [-0.2, -0.15) is 0 Å². The summed E-state index contributed by atoms with van der Waals surface area (Å²) in [4.78, 5) is 0. The van der Waals surface area contributed by atoms with Gasteiger partial charge in [-0.15, -0.1) is 0 Å². The molecule has 2 aromatic rings. The quantitative estimate of drug-likeness (QED) is 0.693. The lowest BCUT2D eigenvalue weighted by Gasteiger charge is -2.05. The van der Waals surface area contributed by atoms with Crippen molar-refractivity contribution >= 4 is 24.1 Å². The van der Waals surface area contributed by atoms with Gasteiger partial charge in [-0.05, 0) is 26.8 Å². The maximum atomic E-state index is 12.4. The van der Waals surface area contributed by atoms with Crippen molar-refractivity contribution in [2.45, 2.75) is 25.9 Å². The minimum Gasteiger partial charge on any atom is -0.306 e. The standard InChI is InChI=1S/C13H17NOP/c1-13(2,3)16(15)12-9-10-7-5-6-8-11(10)14(12)4/h5-9H,1-4H3/q+1. The normalized spacial score (nSPS) is 13.1. The SMILES string of the molecule is Cn1c([P+](=O)C(C)(C)C)cc2ccccc21. The molecule has 1 aromatic carbocycles. The second-order valence-corrected chi connectivity index (χ2v) is 7.47. The average Bonchev–Trinajstić information content (AvgIpc) is 2.54. The van der Waals surface area contributed by atoms with E-state index in [0.717, 1.165) is 16.3 Å². The molecule has 0 aliphatic carbocycles. The molecule has 0 N–H and O–H groups in total. The molecule has 2 rings (SSSR count). The molecule has 0 fully saturated rings. The number of rotatable bonds is 1. The lowest BCUT2D eigenvalue weighted by atomic mass is 10.2. The molecule has 0 spiro atoms. The highest BCUT2D eigenvalue weighted by molar-refractivity contribution is 7.54. The molecule has 0 aliphatic rings. The van der Waals surface area contributed by atoms with E-state index in [1.165, 1.54) is 0 Å². The summed E-state index contributed by atoms with van der Waals surface area (Å²) >= 11 is 0. The summed E-state index contributed by atoms with van der Waals surface area (Å²) in [5.41, 5.74) is 2.08. The fourth-order valence-corrected chi connectivity index (χ4v) is 3.14. The molecule has 1 heterocycles. The zero-order valence-corrected chi connectivity index (χ0v) is 11.1. The van der Waals surface area contributed by atoms with E-state index in [1.807, 2.05) is 50.6 Å². The number of aryl methyl sites for hydroxylation is 1. The Kier molecular flexibility index (Phi) is 2.63. The minimum atomic E-state index is -1.37. The van der Waals surface area contributed by atoms with Gasteiger partial charge in [0, 0.05) is 18.5 Å². The van der Waals surface area contributed by atoms with Crippen LogP contribution in [0, 0.1) is 0 Å². The van der Waals surface area contributed by atoms with E-state index in [0.29, 0.717) is 0 Å². The van der Waals surface area contributed by atoms with Crippen molar-refractivity contribution in [3.05, 3.63) is 30.3 Å². The molecule has 2 nitrogen and oxygen atoms in total. The molecule has 16 heavy (non-hydrogen) atoms. The Morgan fingerprint density at radius 1 is 1.19 bits per heavy atom. The zero-order chi connectivity index (χ0) is 11.9. The molecule has 0 saturated heterocycles. The Balaban J connectivity index is 2.63. The van der Waals surface area contributed by atoms with E-state index >= 15 is 0 Å². The summed E-state index contributed by atoms with van der Waals surface area (Å²) < 4.78 is 14.4. The van der Waals surface area contributed by atoms with Crippen LogP contribution in [0.5, 0.6) is 0 Å². The van der Waals surface area contributed by atoms with Gasteiger partial charge in [0.1, 0.15) is 0 Å². The second kappa shape index (κ2) is 3.71. The van der Waals surface area contributed by atoms with Gasteiger partial charge in [0.05, 0.1) is 5.52 Å². The summed E-state index contributed by atoms with van der Waals surface area (Å²) in [5, 5.41) is 0.977. The summed E-state index contributed by atoms with van der Waals surface area (Å²) in [6.45, 7) is 6.05. The molecule has 1 unspecified atom stereocenters. The summed E-state index contributed by atoms with van der Waals surface area (Å²) in [5.74, 6) is 0. The highest BCUT2D eigenvalue weighted by atomic mass is 31.1. The summed E-state index contributed by atoms with van der Waals surface area (Å²) in [7, 11) is 0.611. The molecule has 0 amide bonds. The second-order valence-electron chi connectivity index (χ2n) is 5.09. The number of para-hydroxylation sites is 1. The van der Waals surface area contributed by atoms with Crippen LogP contribution in [0.2, 0.25) is 0 Å². The Bertz CT molecular complexity index is 549. The molecule has 0 bridgehead atoms. The van der Waals surface area contributed by atoms with Gasteiger partial charge in [-0.25, -0.2) is 0 Å². The molecule has 1 aromatic heterocycles. The van der Waals surface area contributed by atoms with Crippen LogP contribution < -0.4 is 5.44 Å². The maximum absolute atomic E-state index is 12.4. The number of nitrogens with zero attached hydrogens (tertiary/aromatic N) is 1. The number of benzene rings is 1. The first-order chi connectivity index (χ1) is 7.41. The van der Waals surface area contributed by atoms with E-state index < -0.39 is 7.80 Å². The van der Waals surface area contributed by atoms with Gasteiger partial charge in [0.15, 0.2) is 5.16 Å². The first kappa shape index (κ1) is 11.3. The van der Waals surface area contributed by atoms with Crippen molar-refractivity contribution in [1.29, 1.82) is 0 Å². The van der Waals surface area contributed by atoms with Crippen LogP contribution in [0.15, 0.2) is 30.3 Å². The van der Waals surface area contributed by atoms with Crippen molar-refractivity contribution < 1.29 is 4.57 Å². The smallest absolute Gasteiger partial charge is 0.306 e. The van der Waals surface area contributed by atoms with E-state index in [4.69, 9.17) is 0 Å². The number of hydrogen-bond acceptors (Lipinski definition) is 1. The van der Waals surface area contributed by atoms with Crippen LogP contribution in [0.25, 0.3) is 10.9 Å². The largest absolute Gasteiger partial charge is 0.400 e. The van der Waals surface area contributed by atoms with Gasteiger partial charge in [0.25, 0.3) is 5.44 Å². The Morgan fingerprint density at radius 3 is 2.38 bits per heavy atom. The van der Waals surface area contributed by atoms with Gasteiger partial charge in [-0.1, -0.05) is 22.8 Å². The maximum Gasteiger partial charge on any atom is 0.400 e. The average molecular weight is 234 g/mol.